The van der Waals surface area contributed by atoms with E-state index in [1.54, 1.807) is 0 Å². The molecule has 1 saturated carbocycles. The second kappa shape index (κ2) is 12.7. The summed E-state index contributed by atoms with van der Waals surface area (Å²) in [5.74, 6) is 2.77. The SMILES string of the molecule is CCCCCC1CCC(c2ccc(OCCCCCc3ccncc3)cc2)CC1. The van der Waals surface area contributed by atoms with Crippen LogP contribution in [0.15, 0.2) is 48.8 Å². The zero-order valence-corrected chi connectivity index (χ0v) is 18.3. The minimum atomic E-state index is 0.764. The van der Waals surface area contributed by atoms with Gasteiger partial charge in [-0.05, 0) is 98.6 Å². The average molecular weight is 394 g/mol. The first-order chi connectivity index (χ1) is 14.3. The maximum atomic E-state index is 5.96. The molecule has 0 radical (unpaired) electrons. The first-order valence-electron chi connectivity index (χ1n) is 12.0. The maximum absolute atomic E-state index is 5.96. The van der Waals surface area contributed by atoms with Gasteiger partial charge in [-0.25, -0.2) is 0 Å². The van der Waals surface area contributed by atoms with Crippen LogP contribution in [0.1, 0.15) is 94.6 Å². The highest BCUT2D eigenvalue weighted by Crippen LogP contribution is 2.38. The van der Waals surface area contributed by atoms with Crippen LogP contribution in [0.5, 0.6) is 5.75 Å². The van der Waals surface area contributed by atoms with Crippen molar-refractivity contribution in [1.29, 1.82) is 0 Å². The number of hydrogen-bond acceptors (Lipinski definition) is 2. The van der Waals surface area contributed by atoms with Crippen LogP contribution in [0.3, 0.4) is 0 Å². The lowest BCUT2D eigenvalue weighted by Gasteiger charge is -2.29. The Morgan fingerprint density at radius 3 is 2.31 bits per heavy atom. The molecule has 0 bridgehead atoms. The van der Waals surface area contributed by atoms with E-state index in [1.165, 1.54) is 75.3 Å². The number of pyridine rings is 1. The normalized spacial score (nSPS) is 19.2. The predicted octanol–water partition coefficient (Wildman–Crippen LogP) is 7.73. The van der Waals surface area contributed by atoms with E-state index < -0.39 is 0 Å². The summed E-state index contributed by atoms with van der Waals surface area (Å²) in [5, 5.41) is 0. The molecule has 1 heterocycles. The molecule has 0 spiro atoms. The average Bonchev–Trinajstić information content (AvgIpc) is 2.78. The van der Waals surface area contributed by atoms with Crippen LogP contribution in [0, 0.1) is 5.92 Å². The Hall–Kier alpha value is -1.83. The van der Waals surface area contributed by atoms with E-state index in [1.807, 2.05) is 12.4 Å². The summed E-state index contributed by atoms with van der Waals surface area (Å²) in [7, 11) is 0. The Balaban J connectivity index is 1.29. The number of aryl methyl sites for hydroxylation is 1. The summed E-state index contributed by atoms with van der Waals surface area (Å²) in [4.78, 5) is 4.07. The van der Waals surface area contributed by atoms with Gasteiger partial charge in [-0.3, -0.25) is 4.98 Å². The van der Waals surface area contributed by atoms with Crippen LogP contribution in [0.4, 0.5) is 0 Å². The fourth-order valence-electron chi connectivity index (χ4n) is 4.65. The fourth-order valence-corrected chi connectivity index (χ4v) is 4.65. The quantitative estimate of drug-likeness (QED) is 0.344. The molecular formula is C27H39NO. The van der Waals surface area contributed by atoms with Gasteiger partial charge in [0.25, 0.3) is 0 Å². The third kappa shape index (κ3) is 7.84. The molecule has 1 fully saturated rings. The van der Waals surface area contributed by atoms with Crippen LogP contribution in [-0.2, 0) is 6.42 Å². The lowest BCUT2D eigenvalue weighted by molar-refractivity contribution is 0.300. The monoisotopic (exact) mass is 393 g/mol. The molecule has 1 aliphatic carbocycles. The van der Waals surface area contributed by atoms with Crippen molar-refractivity contribution in [3.05, 3.63) is 59.9 Å². The van der Waals surface area contributed by atoms with Gasteiger partial charge in [0.2, 0.25) is 0 Å². The molecule has 158 valence electrons. The second-order valence-electron chi connectivity index (χ2n) is 8.80. The molecule has 0 atom stereocenters. The van der Waals surface area contributed by atoms with E-state index in [0.717, 1.165) is 37.0 Å². The van der Waals surface area contributed by atoms with E-state index in [-0.39, 0.29) is 0 Å². The molecule has 1 aromatic heterocycles. The van der Waals surface area contributed by atoms with Gasteiger partial charge in [0.1, 0.15) is 5.75 Å². The van der Waals surface area contributed by atoms with Gasteiger partial charge in [0.15, 0.2) is 0 Å². The Labute approximate surface area is 178 Å². The van der Waals surface area contributed by atoms with Gasteiger partial charge < -0.3 is 4.74 Å². The number of rotatable bonds is 12. The minimum absolute atomic E-state index is 0.764. The smallest absolute Gasteiger partial charge is 0.119 e. The lowest BCUT2D eigenvalue weighted by Crippen LogP contribution is -2.13. The summed E-state index contributed by atoms with van der Waals surface area (Å²) in [5.41, 5.74) is 2.90. The molecule has 0 amide bonds. The third-order valence-corrected chi connectivity index (χ3v) is 6.54. The number of ether oxygens (including phenoxy) is 1. The summed E-state index contributed by atoms with van der Waals surface area (Å²) in [6.07, 6.45) is 19.7. The van der Waals surface area contributed by atoms with Crippen molar-refractivity contribution in [2.75, 3.05) is 6.61 Å². The topological polar surface area (TPSA) is 22.1 Å². The van der Waals surface area contributed by atoms with E-state index in [0.29, 0.717) is 0 Å². The van der Waals surface area contributed by atoms with Gasteiger partial charge in [0, 0.05) is 12.4 Å². The van der Waals surface area contributed by atoms with Gasteiger partial charge in [-0.1, -0.05) is 44.7 Å². The number of aromatic nitrogens is 1. The fraction of sp³-hybridized carbons (Fsp3) is 0.593. The number of unbranched alkanes of at least 4 members (excludes halogenated alkanes) is 4. The van der Waals surface area contributed by atoms with Gasteiger partial charge in [-0.15, -0.1) is 0 Å². The van der Waals surface area contributed by atoms with Crippen molar-refractivity contribution < 1.29 is 4.74 Å². The molecule has 0 N–H and O–H groups in total. The van der Waals surface area contributed by atoms with Crippen molar-refractivity contribution in [3.63, 3.8) is 0 Å². The molecule has 0 saturated heterocycles. The summed E-state index contributed by atoms with van der Waals surface area (Å²) >= 11 is 0. The van der Waals surface area contributed by atoms with Crippen molar-refractivity contribution in [3.8, 4) is 5.75 Å². The first kappa shape index (κ1) is 21.9. The van der Waals surface area contributed by atoms with Crippen LogP contribution in [0.25, 0.3) is 0 Å². The third-order valence-electron chi connectivity index (χ3n) is 6.54. The molecule has 2 nitrogen and oxygen atoms in total. The highest BCUT2D eigenvalue weighted by molar-refractivity contribution is 5.29. The van der Waals surface area contributed by atoms with Crippen LogP contribution in [-0.4, -0.2) is 11.6 Å². The van der Waals surface area contributed by atoms with Crippen molar-refractivity contribution >= 4 is 0 Å². The van der Waals surface area contributed by atoms with Crippen LogP contribution < -0.4 is 4.74 Å². The molecule has 1 aliphatic rings. The largest absolute Gasteiger partial charge is 0.494 e. The van der Waals surface area contributed by atoms with Crippen LogP contribution in [0.2, 0.25) is 0 Å². The van der Waals surface area contributed by atoms with Gasteiger partial charge >= 0.3 is 0 Å². The highest BCUT2D eigenvalue weighted by atomic mass is 16.5. The summed E-state index contributed by atoms with van der Waals surface area (Å²) in [6.45, 7) is 3.12. The molecule has 3 rings (SSSR count). The van der Waals surface area contributed by atoms with E-state index in [2.05, 4.69) is 48.3 Å². The first-order valence-corrected chi connectivity index (χ1v) is 12.0. The van der Waals surface area contributed by atoms with Crippen molar-refractivity contribution in [1.82, 2.24) is 4.98 Å². The number of hydrogen-bond donors (Lipinski definition) is 0. The Morgan fingerprint density at radius 1 is 0.828 bits per heavy atom. The highest BCUT2D eigenvalue weighted by Gasteiger charge is 2.21. The Morgan fingerprint density at radius 2 is 1.59 bits per heavy atom. The molecule has 1 aromatic carbocycles. The number of benzene rings is 1. The van der Waals surface area contributed by atoms with E-state index >= 15 is 0 Å². The molecule has 2 aromatic rings. The van der Waals surface area contributed by atoms with E-state index in [4.69, 9.17) is 4.74 Å². The van der Waals surface area contributed by atoms with Gasteiger partial charge in [-0.2, -0.15) is 0 Å². The molecular weight excluding hydrogens is 354 g/mol. The molecule has 0 aliphatic heterocycles. The van der Waals surface area contributed by atoms with E-state index in [9.17, 15) is 0 Å². The Bertz CT molecular complexity index is 659. The number of nitrogens with zero attached hydrogens (tertiary/aromatic N) is 1. The molecule has 0 unspecified atom stereocenters. The zero-order valence-electron chi connectivity index (χ0n) is 18.3. The minimum Gasteiger partial charge on any atom is -0.494 e. The lowest BCUT2D eigenvalue weighted by atomic mass is 9.77. The second-order valence-corrected chi connectivity index (χ2v) is 8.80. The maximum Gasteiger partial charge on any atom is 0.119 e. The molecule has 2 heteroatoms. The zero-order chi connectivity index (χ0) is 20.2. The Kier molecular flexibility index (Phi) is 9.56. The summed E-state index contributed by atoms with van der Waals surface area (Å²) in [6, 6.07) is 13.2. The predicted molar refractivity (Wildman–Crippen MR) is 123 cm³/mol. The molecule has 29 heavy (non-hydrogen) atoms. The summed E-state index contributed by atoms with van der Waals surface area (Å²) < 4.78 is 5.96. The standard InChI is InChI=1S/C27H39NO/c1-2-3-5-8-23-10-12-25(13-11-23)26-14-16-27(17-15-26)29-22-7-4-6-9-24-18-20-28-21-19-24/h14-21,23,25H,2-13,22H2,1H3. The van der Waals surface area contributed by atoms with Crippen molar-refractivity contribution in [2.24, 2.45) is 5.92 Å². The van der Waals surface area contributed by atoms with Gasteiger partial charge in [0.05, 0.1) is 6.61 Å². The van der Waals surface area contributed by atoms with Crippen LogP contribution >= 0.6 is 0 Å². The van der Waals surface area contributed by atoms with Crippen molar-refractivity contribution in [2.45, 2.75) is 89.9 Å².